The lowest BCUT2D eigenvalue weighted by Crippen LogP contribution is -2.53. The predicted octanol–water partition coefficient (Wildman–Crippen LogP) is 2.02. The molecule has 2 rings (SSSR count). The van der Waals surface area contributed by atoms with E-state index in [4.69, 9.17) is 4.74 Å². The van der Waals surface area contributed by atoms with Crippen molar-refractivity contribution in [1.82, 2.24) is 10.2 Å². The lowest BCUT2D eigenvalue weighted by atomic mass is 9.80. The van der Waals surface area contributed by atoms with Crippen LogP contribution in [0.15, 0.2) is 0 Å². The molecular weight excluding hydrogens is 264 g/mol. The minimum Gasteiger partial charge on any atom is -0.396 e. The van der Waals surface area contributed by atoms with Gasteiger partial charge in [-0.15, -0.1) is 0 Å². The van der Waals surface area contributed by atoms with Crippen LogP contribution < -0.4 is 5.32 Å². The number of nitrogens with one attached hydrogen (secondary N) is 1. The van der Waals surface area contributed by atoms with E-state index in [-0.39, 0.29) is 5.41 Å². The number of ether oxygens (including phenoxy) is 1. The van der Waals surface area contributed by atoms with Crippen LogP contribution in [0.25, 0.3) is 0 Å². The van der Waals surface area contributed by atoms with Crippen LogP contribution in [0.2, 0.25) is 0 Å². The highest BCUT2D eigenvalue weighted by atomic mass is 16.5. The average Bonchev–Trinajstić information content (AvgIpc) is 2.42. The average molecular weight is 298 g/mol. The van der Waals surface area contributed by atoms with Gasteiger partial charge in [-0.05, 0) is 32.1 Å². The smallest absolute Gasteiger partial charge is 0.0546 e. The summed E-state index contributed by atoms with van der Waals surface area (Å²) < 4.78 is 5.84. The minimum atomic E-state index is 0.258. The van der Waals surface area contributed by atoms with Crippen molar-refractivity contribution in [1.29, 1.82) is 0 Å². The molecule has 0 radical (unpaired) electrons. The van der Waals surface area contributed by atoms with Gasteiger partial charge in [0.1, 0.15) is 0 Å². The Morgan fingerprint density at radius 2 is 2.14 bits per heavy atom. The Balaban J connectivity index is 1.96. The van der Waals surface area contributed by atoms with Crippen molar-refractivity contribution in [2.24, 2.45) is 5.41 Å². The SMILES string of the molecule is CC(C)NCC1(CN(CCCO)C2CCC2)CCCOC1. The minimum absolute atomic E-state index is 0.258. The van der Waals surface area contributed by atoms with Gasteiger partial charge in [0.25, 0.3) is 0 Å². The molecule has 0 aromatic carbocycles. The summed E-state index contributed by atoms with van der Waals surface area (Å²) >= 11 is 0. The molecule has 1 saturated heterocycles. The lowest BCUT2D eigenvalue weighted by Gasteiger charge is -2.46. The van der Waals surface area contributed by atoms with E-state index in [1.165, 1.54) is 32.1 Å². The van der Waals surface area contributed by atoms with E-state index >= 15 is 0 Å². The normalized spacial score (nSPS) is 27.3. The van der Waals surface area contributed by atoms with Crippen LogP contribution in [0.4, 0.5) is 0 Å². The fourth-order valence-corrected chi connectivity index (χ4v) is 3.50. The van der Waals surface area contributed by atoms with Crippen molar-refractivity contribution in [2.75, 3.05) is 39.5 Å². The largest absolute Gasteiger partial charge is 0.396 e. The fourth-order valence-electron chi connectivity index (χ4n) is 3.50. The summed E-state index contributed by atoms with van der Waals surface area (Å²) in [6.45, 7) is 9.74. The van der Waals surface area contributed by atoms with Gasteiger partial charge in [-0.25, -0.2) is 0 Å². The van der Waals surface area contributed by atoms with E-state index in [0.717, 1.165) is 45.3 Å². The summed E-state index contributed by atoms with van der Waals surface area (Å²) in [4.78, 5) is 2.64. The maximum Gasteiger partial charge on any atom is 0.0546 e. The van der Waals surface area contributed by atoms with E-state index in [9.17, 15) is 5.11 Å². The quantitative estimate of drug-likeness (QED) is 0.683. The summed E-state index contributed by atoms with van der Waals surface area (Å²) in [6, 6.07) is 1.27. The zero-order chi connectivity index (χ0) is 15.1. The predicted molar refractivity (Wildman–Crippen MR) is 86.5 cm³/mol. The second kappa shape index (κ2) is 8.47. The highest BCUT2D eigenvalue weighted by Crippen LogP contribution is 2.33. The fraction of sp³-hybridized carbons (Fsp3) is 1.00. The van der Waals surface area contributed by atoms with Crippen LogP contribution in [-0.4, -0.2) is 61.5 Å². The summed E-state index contributed by atoms with van der Waals surface area (Å²) in [5, 5.41) is 12.8. The molecule has 21 heavy (non-hydrogen) atoms. The lowest BCUT2D eigenvalue weighted by molar-refractivity contribution is -0.0411. The third-order valence-corrected chi connectivity index (χ3v) is 5.02. The molecule has 1 atom stereocenters. The van der Waals surface area contributed by atoms with Gasteiger partial charge < -0.3 is 15.2 Å². The number of nitrogens with zero attached hydrogens (tertiary/aromatic N) is 1. The van der Waals surface area contributed by atoms with Crippen LogP contribution in [0, 0.1) is 5.41 Å². The third-order valence-electron chi connectivity index (χ3n) is 5.02. The van der Waals surface area contributed by atoms with Gasteiger partial charge in [0, 0.05) is 50.3 Å². The summed E-state index contributed by atoms with van der Waals surface area (Å²) in [7, 11) is 0. The zero-order valence-corrected chi connectivity index (χ0v) is 13.9. The van der Waals surface area contributed by atoms with Gasteiger partial charge in [-0.1, -0.05) is 20.3 Å². The molecule has 2 fully saturated rings. The van der Waals surface area contributed by atoms with E-state index in [0.29, 0.717) is 12.6 Å². The van der Waals surface area contributed by atoms with Crippen LogP contribution >= 0.6 is 0 Å². The van der Waals surface area contributed by atoms with E-state index in [2.05, 4.69) is 24.1 Å². The Morgan fingerprint density at radius 3 is 2.67 bits per heavy atom. The van der Waals surface area contributed by atoms with E-state index < -0.39 is 0 Å². The molecule has 4 heteroatoms. The highest BCUT2D eigenvalue weighted by Gasteiger charge is 2.37. The number of aliphatic hydroxyl groups excluding tert-OH is 1. The van der Waals surface area contributed by atoms with Crippen molar-refractivity contribution < 1.29 is 9.84 Å². The Hall–Kier alpha value is -0.160. The monoisotopic (exact) mass is 298 g/mol. The first-order valence-corrected chi connectivity index (χ1v) is 8.81. The molecule has 0 aromatic heterocycles. The molecule has 0 bridgehead atoms. The van der Waals surface area contributed by atoms with Crippen molar-refractivity contribution in [3.05, 3.63) is 0 Å². The van der Waals surface area contributed by atoms with Crippen LogP contribution in [0.3, 0.4) is 0 Å². The highest BCUT2D eigenvalue weighted by molar-refractivity contribution is 4.91. The number of aliphatic hydroxyl groups is 1. The molecule has 2 N–H and O–H groups in total. The van der Waals surface area contributed by atoms with Crippen molar-refractivity contribution >= 4 is 0 Å². The van der Waals surface area contributed by atoms with Crippen molar-refractivity contribution in [2.45, 2.75) is 64.5 Å². The molecule has 124 valence electrons. The first-order valence-electron chi connectivity index (χ1n) is 8.81. The third kappa shape index (κ3) is 5.20. The molecule has 0 aromatic rings. The van der Waals surface area contributed by atoms with Gasteiger partial charge >= 0.3 is 0 Å². The molecule has 0 spiro atoms. The first kappa shape index (κ1) is 17.2. The molecule has 4 nitrogen and oxygen atoms in total. The number of hydrogen-bond acceptors (Lipinski definition) is 4. The van der Waals surface area contributed by atoms with Crippen LogP contribution in [0.5, 0.6) is 0 Å². The van der Waals surface area contributed by atoms with E-state index in [1.54, 1.807) is 0 Å². The summed E-state index contributed by atoms with van der Waals surface area (Å²) in [5.74, 6) is 0. The molecular formula is C17H34N2O2. The van der Waals surface area contributed by atoms with Gasteiger partial charge in [-0.3, -0.25) is 4.90 Å². The topological polar surface area (TPSA) is 44.7 Å². The van der Waals surface area contributed by atoms with Gasteiger partial charge in [0.2, 0.25) is 0 Å². The second-order valence-corrected chi connectivity index (χ2v) is 7.32. The molecule has 1 aliphatic heterocycles. The Morgan fingerprint density at radius 1 is 1.33 bits per heavy atom. The maximum atomic E-state index is 9.17. The summed E-state index contributed by atoms with van der Waals surface area (Å²) in [6.07, 6.45) is 7.37. The standard InChI is InChI=1S/C17H34N2O2/c1-15(2)18-12-17(8-4-11-21-14-17)13-19(9-5-10-20)16-6-3-7-16/h15-16,18,20H,3-14H2,1-2H3. The van der Waals surface area contributed by atoms with E-state index in [1.807, 2.05) is 0 Å². The Labute approximate surface area is 130 Å². The molecule has 1 heterocycles. The molecule has 0 amide bonds. The molecule has 1 saturated carbocycles. The van der Waals surface area contributed by atoms with Crippen LogP contribution in [0.1, 0.15) is 52.4 Å². The summed E-state index contributed by atoms with van der Waals surface area (Å²) in [5.41, 5.74) is 0.258. The van der Waals surface area contributed by atoms with Crippen molar-refractivity contribution in [3.8, 4) is 0 Å². The second-order valence-electron chi connectivity index (χ2n) is 7.32. The van der Waals surface area contributed by atoms with Gasteiger partial charge in [0.05, 0.1) is 6.61 Å². The molecule has 2 aliphatic rings. The van der Waals surface area contributed by atoms with Crippen molar-refractivity contribution in [3.63, 3.8) is 0 Å². The van der Waals surface area contributed by atoms with Gasteiger partial charge in [-0.2, -0.15) is 0 Å². The molecule has 1 unspecified atom stereocenters. The Bertz CT molecular complexity index is 287. The zero-order valence-electron chi connectivity index (χ0n) is 13.9. The maximum absolute atomic E-state index is 9.17. The van der Waals surface area contributed by atoms with Crippen LogP contribution in [-0.2, 0) is 4.74 Å². The Kier molecular flexibility index (Phi) is 6.93. The number of hydrogen-bond donors (Lipinski definition) is 2. The number of rotatable bonds is 9. The first-order chi connectivity index (χ1) is 10.2. The van der Waals surface area contributed by atoms with Gasteiger partial charge in [0.15, 0.2) is 0 Å². The molecule has 1 aliphatic carbocycles.